The third-order valence-electron chi connectivity index (χ3n) is 9.05. The van der Waals surface area contributed by atoms with Gasteiger partial charge in [-0.3, -0.25) is 0 Å². The van der Waals surface area contributed by atoms with E-state index in [1.165, 1.54) is 17.7 Å². The maximum absolute atomic E-state index is 17.3. The Bertz CT molecular complexity index is 2270. The van der Waals surface area contributed by atoms with E-state index >= 15 is 4.39 Å². The molecule has 1 N–H and O–H groups in total. The number of aromatic hydroxyl groups is 1. The van der Waals surface area contributed by atoms with Crippen molar-refractivity contribution in [3.05, 3.63) is 161 Å². The first-order chi connectivity index (χ1) is 23.9. The van der Waals surface area contributed by atoms with Crippen molar-refractivity contribution < 1.29 is 18.6 Å². The van der Waals surface area contributed by atoms with Crippen molar-refractivity contribution in [2.75, 3.05) is 7.11 Å². The van der Waals surface area contributed by atoms with E-state index in [1.807, 2.05) is 79.7 Å². The van der Waals surface area contributed by atoms with E-state index < -0.39 is 5.82 Å². The van der Waals surface area contributed by atoms with Gasteiger partial charge in [-0.05, 0) is 87.3 Å². The number of allylic oxidation sites excluding steroid dienone is 4. The Morgan fingerprint density at radius 2 is 1.31 bits per heavy atom. The number of ether oxygens (including phenoxy) is 1. The highest BCUT2D eigenvalue weighted by atomic mass is 79.9. The molecule has 6 aromatic rings. The van der Waals surface area contributed by atoms with Crippen LogP contribution in [0.1, 0.15) is 24.0 Å². The molecule has 0 amide bonds. The highest BCUT2D eigenvalue weighted by Gasteiger charge is 2.27. The molecule has 0 bridgehead atoms. The number of phenols is 1. The van der Waals surface area contributed by atoms with Crippen molar-refractivity contribution in [3.8, 4) is 67.1 Å². The van der Waals surface area contributed by atoms with Gasteiger partial charge < -0.3 is 9.84 Å². The molecular weight excluding hydrogens is 678 g/mol. The van der Waals surface area contributed by atoms with Gasteiger partial charge in [0, 0.05) is 49.5 Å². The molecule has 0 saturated heterocycles. The first-order valence-corrected chi connectivity index (χ1v) is 16.9. The number of hydrogen-bond donors (Lipinski definition) is 1. The second-order valence-corrected chi connectivity index (χ2v) is 12.8. The number of benzene rings is 6. The van der Waals surface area contributed by atoms with Gasteiger partial charge >= 0.3 is 0 Å². The summed E-state index contributed by atoms with van der Waals surface area (Å²) in [4.78, 5) is 0. The summed E-state index contributed by atoms with van der Waals surface area (Å²) in [6.45, 7) is 1.97. The average Bonchev–Trinajstić information content (AvgIpc) is 3.13. The average molecular weight is 711 g/mol. The molecule has 0 unspecified atom stereocenters. The first-order valence-electron chi connectivity index (χ1n) is 16.1. The predicted octanol–water partition coefficient (Wildman–Crippen LogP) is 12.6. The molecule has 0 saturated carbocycles. The molecule has 0 atom stereocenters. The van der Waals surface area contributed by atoms with Crippen LogP contribution in [0, 0.1) is 24.6 Å². The van der Waals surface area contributed by atoms with E-state index in [2.05, 4.69) is 40.2 Å². The minimum absolute atomic E-state index is 0.0582. The van der Waals surface area contributed by atoms with Crippen LogP contribution in [0.4, 0.5) is 8.78 Å². The number of methoxy groups -OCH3 is 1. The zero-order valence-corrected chi connectivity index (χ0v) is 28.6. The van der Waals surface area contributed by atoms with Crippen LogP contribution in [0.2, 0.25) is 0 Å². The van der Waals surface area contributed by atoms with E-state index in [0.717, 1.165) is 34.0 Å². The fraction of sp³-hybridized carbons (Fsp3) is 0.0909. The standard InChI is InChI=1S/C44H32BrF2O2/c1-27-12-6-7-15-31(27)40-37(29-22-24-30(46)25-23-29)26-38(41(44(40)48)36-16-8-9-21-39(36)49-2)35-20-11-19-34(43(35)47)33-18-10-17-32(42(33)45)28-13-4-3-5-14-28/h3-4,6-12,14-25,48H,5,13H2,1-2H3. The van der Waals surface area contributed by atoms with E-state index in [9.17, 15) is 9.50 Å². The van der Waals surface area contributed by atoms with Gasteiger partial charge in [0.2, 0.25) is 0 Å². The Hall–Kier alpha value is -5.26. The van der Waals surface area contributed by atoms with Crippen molar-refractivity contribution in [1.29, 1.82) is 0 Å². The van der Waals surface area contributed by atoms with Gasteiger partial charge in [-0.15, -0.1) is 0 Å². The molecule has 241 valence electrons. The molecule has 7 rings (SSSR count). The third-order valence-corrected chi connectivity index (χ3v) is 9.91. The zero-order valence-electron chi connectivity index (χ0n) is 27.0. The molecule has 0 heterocycles. The van der Waals surface area contributed by atoms with Crippen molar-refractivity contribution in [2.24, 2.45) is 0 Å². The Labute approximate surface area is 293 Å². The summed E-state index contributed by atoms with van der Waals surface area (Å²) >= 11 is 3.81. The summed E-state index contributed by atoms with van der Waals surface area (Å²) in [6.07, 6.45) is 8.15. The number of hydrogen-bond acceptors (Lipinski definition) is 2. The minimum atomic E-state index is -0.460. The van der Waals surface area contributed by atoms with Gasteiger partial charge in [-0.2, -0.15) is 0 Å². The summed E-state index contributed by atoms with van der Waals surface area (Å²) in [5, 5.41) is 12.5. The van der Waals surface area contributed by atoms with Crippen LogP contribution in [-0.4, -0.2) is 12.2 Å². The van der Waals surface area contributed by atoms with E-state index in [1.54, 1.807) is 31.4 Å². The van der Waals surface area contributed by atoms with Gasteiger partial charge in [-0.1, -0.05) is 109 Å². The zero-order chi connectivity index (χ0) is 34.1. The predicted molar refractivity (Wildman–Crippen MR) is 199 cm³/mol. The minimum Gasteiger partial charge on any atom is -0.507 e. The molecule has 0 fully saturated rings. The lowest BCUT2D eigenvalue weighted by molar-refractivity contribution is 0.416. The molecule has 49 heavy (non-hydrogen) atoms. The molecule has 5 heteroatoms. The SMILES string of the molecule is COc1ccccc1-c1c(-c2cccc(-c3cccc(C4=CCC=CC4)c3Br)c2F)[c]c(-c2ccc(F)cc2)c(-c2ccccc2C)c1O. The number of aryl methyl sites for hydroxylation is 1. The second-order valence-electron chi connectivity index (χ2n) is 12.0. The highest BCUT2D eigenvalue weighted by Crippen LogP contribution is 2.52. The quantitative estimate of drug-likeness (QED) is 0.167. The van der Waals surface area contributed by atoms with Gasteiger partial charge in [0.05, 0.1) is 7.11 Å². The van der Waals surface area contributed by atoms with Gasteiger partial charge in [0.25, 0.3) is 0 Å². The molecule has 2 nitrogen and oxygen atoms in total. The van der Waals surface area contributed by atoms with Crippen LogP contribution in [-0.2, 0) is 0 Å². The largest absolute Gasteiger partial charge is 0.507 e. The smallest absolute Gasteiger partial charge is 0.138 e. The van der Waals surface area contributed by atoms with Crippen LogP contribution in [0.25, 0.3) is 61.2 Å². The topological polar surface area (TPSA) is 29.5 Å². The summed E-state index contributed by atoms with van der Waals surface area (Å²) in [7, 11) is 1.57. The number of rotatable bonds is 7. The molecule has 1 aliphatic carbocycles. The van der Waals surface area contributed by atoms with Crippen molar-refractivity contribution in [1.82, 2.24) is 0 Å². The lowest BCUT2D eigenvalue weighted by Gasteiger charge is -2.23. The summed E-state index contributed by atoms with van der Waals surface area (Å²) < 4.78 is 38.0. The van der Waals surface area contributed by atoms with E-state index in [0.29, 0.717) is 50.3 Å². The Kier molecular flexibility index (Phi) is 9.03. The van der Waals surface area contributed by atoms with Crippen molar-refractivity contribution >= 4 is 21.5 Å². The maximum Gasteiger partial charge on any atom is 0.138 e. The Morgan fingerprint density at radius 1 is 0.673 bits per heavy atom. The number of para-hydroxylation sites is 1. The fourth-order valence-corrected chi connectivity index (χ4v) is 7.35. The summed E-state index contributed by atoms with van der Waals surface area (Å²) in [5.74, 6) is -0.391. The third kappa shape index (κ3) is 6.00. The Morgan fingerprint density at radius 3 is 2.02 bits per heavy atom. The van der Waals surface area contributed by atoms with Crippen molar-refractivity contribution in [3.63, 3.8) is 0 Å². The van der Waals surface area contributed by atoms with Gasteiger partial charge in [0.1, 0.15) is 23.1 Å². The molecular formula is C44H32BrF2O2. The van der Waals surface area contributed by atoms with E-state index in [-0.39, 0.29) is 17.1 Å². The van der Waals surface area contributed by atoms with Crippen LogP contribution < -0.4 is 4.74 Å². The normalized spacial score (nSPS) is 12.6. The van der Waals surface area contributed by atoms with E-state index in [4.69, 9.17) is 4.74 Å². The number of halogens is 3. The van der Waals surface area contributed by atoms with Crippen LogP contribution in [0.3, 0.4) is 0 Å². The summed E-state index contributed by atoms with van der Waals surface area (Å²) in [6, 6.07) is 35.9. The first kappa shape index (κ1) is 32.3. The highest BCUT2D eigenvalue weighted by molar-refractivity contribution is 9.10. The summed E-state index contributed by atoms with van der Waals surface area (Å²) in [5.41, 5.74) is 8.25. The van der Waals surface area contributed by atoms with Crippen LogP contribution in [0.5, 0.6) is 11.5 Å². The van der Waals surface area contributed by atoms with Gasteiger partial charge in [-0.25, -0.2) is 8.78 Å². The lowest BCUT2D eigenvalue weighted by atomic mass is 9.82. The van der Waals surface area contributed by atoms with Crippen LogP contribution >= 0.6 is 15.9 Å². The molecule has 0 aliphatic heterocycles. The lowest BCUT2D eigenvalue weighted by Crippen LogP contribution is -1.99. The molecule has 0 aromatic heterocycles. The molecule has 0 spiro atoms. The van der Waals surface area contributed by atoms with Crippen LogP contribution in [0.15, 0.2) is 132 Å². The number of phenolic OH excluding ortho intramolecular Hbond substituents is 1. The Balaban J connectivity index is 1.55. The molecule has 1 radical (unpaired) electrons. The maximum atomic E-state index is 17.3. The molecule has 1 aliphatic rings. The molecule has 6 aromatic carbocycles. The fourth-order valence-electron chi connectivity index (χ4n) is 6.62. The van der Waals surface area contributed by atoms with Crippen molar-refractivity contribution in [2.45, 2.75) is 19.8 Å². The van der Waals surface area contributed by atoms with Gasteiger partial charge in [0.15, 0.2) is 0 Å². The monoisotopic (exact) mass is 709 g/mol. The second kappa shape index (κ2) is 13.7.